The molecule has 1 unspecified atom stereocenters. The molecule has 4 rings (SSSR count). The number of allylic oxidation sites excluding steroid dienone is 1. The van der Waals surface area contributed by atoms with Crippen molar-refractivity contribution >= 4 is 32.3 Å². The van der Waals surface area contributed by atoms with Gasteiger partial charge in [0.25, 0.3) is 12.0 Å². The number of alkyl halides is 2. The number of hydrogen-bond acceptors (Lipinski definition) is 7. The molecule has 0 amide bonds. The second-order valence-electron chi connectivity index (χ2n) is 8.39. The van der Waals surface area contributed by atoms with E-state index in [1.54, 1.807) is 32.2 Å². The van der Waals surface area contributed by atoms with Gasteiger partial charge in [0, 0.05) is 18.2 Å². The summed E-state index contributed by atoms with van der Waals surface area (Å²) in [4.78, 5) is 21.6. The number of halogens is 2. The Labute approximate surface area is 200 Å². The number of aryl methyl sites for hydroxylation is 1. The van der Waals surface area contributed by atoms with Gasteiger partial charge in [0.15, 0.2) is 9.84 Å². The van der Waals surface area contributed by atoms with E-state index in [9.17, 15) is 27.3 Å². The van der Waals surface area contributed by atoms with Crippen LogP contribution >= 0.6 is 0 Å². The molecule has 8 nitrogen and oxygen atoms in total. The van der Waals surface area contributed by atoms with Crippen molar-refractivity contribution in [3.63, 3.8) is 0 Å². The smallest absolute Gasteiger partial charge is 0.264 e. The van der Waals surface area contributed by atoms with Crippen molar-refractivity contribution in [1.29, 1.82) is 5.26 Å². The number of nitrogens with zero attached hydrogens (tertiary/aromatic N) is 4. The molecule has 1 aliphatic rings. The van der Waals surface area contributed by atoms with Crippen LogP contribution in [-0.4, -0.2) is 34.5 Å². The lowest BCUT2D eigenvalue weighted by Crippen LogP contribution is -2.24. The Hall–Kier alpha value is -3.65. The minimum Gasteiger partial charge on any atom is -0.363 e. The largest absolute Gasteiger partial charge is 0.363 e. The number of rotatable bonds is 6. The van der Waals surface area contributed by atoms with E-state index in [0.717, 1.165) is 0 Å². The molecular formula is C24H23F2N5O3S. The number of benzene rings is 1. The molecule has 0 aliphatic carbocycles. The maximum atomic E-state index is 13.6. The van der Waals surface area contributed by atoms with Gasteiger partial charge in [0.2, 0.25) is 0 Å². The number of nitriles is 1. The first-order valence-electron chi connectivity index (χ1n) is 10.9. The number of fused-ring (bicyclic) bond motifs is 1. The van der Waals surface area contributed by atoms with Crippen LogP contribution in [0.3, 0.4) is 0 Å². The molecule has 3 aromatic rings. The molecule has 182 valence electrons. The molecule has 2 aromatic heterocycles. The van der Waals surface area contributed by atoms with E-state index in [2.05, 4.69) is 15.3 Å². The summed E-state index contributed by atoms with van der Waals surface area (Å²) in [6, 6.07) is 7.64. The fourth-order valence-electron chi connectivity index (χ4n) is 4.34. The lowest BCUT2D eigenvalue weighted by molar-refractivity contribution is 0.150. The summed E-state index contributed by atoms with van der Waals surface area (Å²) in [6.45, 7) is 1.77. The van der Waals surface area contributed by atoms with Gasteiger partial charge in [-0.25, -0.2) is 27.2 Å². The van der Waals surface area contributed by atoms with Crippen molar-refractivity contribution in [3.05, 3.63) is 69.3 Å². The summed E-state index contributed by atoms with van der Waals surface area (Å²) in [7, 11) is -1.59. The Morgan fingerprint density at radius 3 is 2.66 bits per heavy atom. The second kappa shape index (κ2) is 9.54. The van der Waals surface area contributed by atoms with Gasteiger partial charge < -0.3 is 5.32 Å². The van der Waals surface area contributed by atoms with Gasteiger partial charge in [-0.1, -0.05) is 24.3 Å². The number of nitrogens with one attached hydrogen (secondary N) is 1. The summed E-state index contributed by atoms with van der Waals surface area (Å²) in [6.07, 6.45) is 0.213. The zero-order valence-corrected chi connectivity index (χ0v) is 19.9. The standard InChI is InChI=1S/C24H23F2N5O3S/c1-14(16-4-3-5-18(21(25)26)17(16)6-9-27)30-22-20-12-19(15-7-10-35(33,34)11-8-15)24(32)31(2)23(20)29-13-28-22/h3-5,7,12-14,21H,6,8,10-11H2,1-2H3,(H,28,29,30). The molecule has 35 heavy (non-hydrogen) atoms. The molecule has 11 heteroatoms. The first kappa shape index (κ1) is 24.5. The minimum absolute atomic E-state index is 0.0321. The molecule has 1 aromatic carbocycles. The first-order chi connectivity index (χ1) is 16.6. The van der Waals surface area contributed by atoms with Crippen LogP contribution in [0.25, 0.3) is 16.6 Å². The van der Waals surface area contributed by atoms with E-state index in [1.807, 2.05) is 6.07 Å². The Balaban J connectivity index is 1.80. The topological polar surface area (TPSA) is 118 Å². The Morgan fingerprint density at radius 2 is 2.00 bits per heavy atom. The molecule has 0 saturated heterocycles. The van der Waals surface area contributed by atoms with Crippen molar-refractivity contribution < 1.29 is 17.2 Å². The third kappa shape index (κ3) is 4.79. The fourth-order valence-corrected chi connectivity index (χ4v) is 5.49. The lowest BCUT2D eigenvalue weighted by Gasteiger charge is -2.21. The van der Waals surface area contributed by atoms with Crippen LogP contribution in [0.5, 0.6) is 0 Å². The minimum atomic E-state index is -3.16. The van der Waals surface area contributed by atoms with Crippen molar-refractivity contribution in [2.75, 3.05) is 16.8 Å². The molecule has 0 saturated carbocycles. The number of pyridine rings is 1. The molecule has 0 spiro atoms. The number of anilines is 1. The molecule has 1 N–H and O–H groups in total. The second-order valence-corrected chi connectivity index (χ2v) is 10.6. The van der Waals surface area contributed by atoms with Crippen LogP contribution in [0.15, 0.2) is 41.5 Å². The Bertz CT molecular complexity index is 1540. The maximum Gasteiger partial charge on any atom is 0.264 e. The van der Waals surface area contributed by atoms with Crippen LogP contribution < -0.4 is 10.9 Å². The lowest BCUT2D eigenvalue weighted by atomic mass is 9.94. The SMILES string of the molecule is CC(Nc1ncnc2c1cc(C1=CCS(=O)(=O)CC1)c(=O)n2C)c1cccc(C(F)F)c1CC#N. The van der Waals surface area contributed by atoms with Gasteiger partial charge in [-0.2, -0.15) is 5.26 Å². The van der Waals surface area contributed by atoms with Crippen molar-refractivity contribution in [2.45, 2.75) is 32.2 Å². The number of sulfone groups is 1. The predicted octanol–water partition coefficient (Wildman–Crippen LogP) is 3.71. The highest BCUT2D eigenvalue weighted by Gasteiger charge is 2.23. The van der Waals surface area contributed by atoms with E-state index in [4.69, 9.17) is 0 Å². The first-order valence-corrected chi connectivity index (χ1v) is 12.7. The molecule has 3 heterocycles. The summed E-state index contributed by atoms with van der Waals surface area (Å²) < 4.78 is 52.1. The zero-order valence-electron chi connectivity index (χ0n) is 19.1. The fraction of sp³-hybridized carbons (Fsp3) is 0.333. The molecule has 0 bridgehead atoms. The molecule has 0 radical (unpaired) electrons. The van der Waals surface area contributed by atoms with Gasteiger partial charge in [0.1, 0.15) is 17.8 Å². The third-order valence-electron chi connectivity index (χ3n) is 6.18. The van der Waals surface area contributed by atoms with Gasteiger partial charge in [-0.15, -0.1) is 0 Å². The van der Waals surface area contributed by atoms with Crippen LogP contribution in [0.4, 0.5) is 14.6 Å². The van der Waals surface area contributed by atoms with Crippen LogP contribution in [0, 0.1) is 11.3 Å². The predicted molar refractivity (Wildman–Crippen MR) is 129 cm³/mol. The van der Waals surface area contributed by atoms with E-state index >= 15 is 0 Å². The normalized spacial score (nSPS) is 16.1. The summed E-state index contributed by atoms with van der Waals surface area (Å²) in [5.74, 6) is 0.225. The number of hydrogen-bond donors (Lipinski definition) is 1. The van der Waals surface area contributed by atoms with E-state index in [0.29, 0.717) is 33.6 Å². The van der Waals surface area contributed by atoms with Crippen molar-refractivity contribution in [3.8, 4) is 6.07 Å². The van der Waals surface area contributed by atoms with Crippen molar-refractivity contribution in [1.82, 2.24) is 14.5 Å². The number of aromatic nitrogens is 3. The summed E-state index contributed by atoms with van der Waals surface area (Å²) >= 11 is 0. The molecule has 1 aliphatic heterocycles. The Kier molecular flexibility index (Phi) is 6.67. The van der Waals surface area contributed by atoms with Gasteiger partial charge in [-0.05, 0) is 36.1 Å². The van der Waals surface area contributed by atoms with Gasteiger partial charge >= 0.3 is 0 Å². The molecule has 0 fully saturated rings. The molecular weight excluding hydrogens is 476 g/mol. The van der Waals surface area contributed by atoms with E-state index in [1.165, 1.54) is 23.0 Å². The average Bonchev–Trinajstić information content (AvgIpc) is 2.82. The monoisotopic (exact) mass is 499 g/mol. The van der Waals surface area contributed by atoms with Gasteiger partial charge in [-0.3, -0.25) is 9.36 Å². The highest BCUT2D eigenvalue weighted by Crippen LogP contribution is 2.32. The quantitative estimate of drug-likeness (QED) is 0.549. The van der Waals surface area contributed by atoms with Crippen LogP contribution in [-0.2, 0) is 23.3 Å². The van der Waals surface area contributed by atoms with E-state index in [-0.39, 0.29) is 41.0 Å². The van der Waals surface area contributed by atoms with Gasteiger partial charge in [0.05, 0.1) is 35.4 Å². The van der Waals surface area contributed by atoms with Crippen LogP contribution in [0.2, 0.25) is 0 Å². The van der Waals surface area contributed by atoms with Crippen molar-refractivity contribution in [2.24, 2.45) is 7.05 Å². The zero-order chi connectivity index (χ0) is 25.3. The average molecular weight is 500 g/mol. The highest BCUT2D eigenvalue weighted by atomic mass is 32.2. The maximum absolute atomic E-state index is 13.6. The van der Waals surface area contributed by atoms with E-state index < -0.39 is 22.3 Å². The Morgan fingerprint density at radius 1 is 1.26 bits per heavy atom. The highest BCUT2D eigenvalue weighted by molar-refractivity contribution is 7.91. The summed E-state index contributed by atoms with van der Waals surface area (Å²) in [5, 5.41) is 12.9. The summed E-state index contributed by atoms with van der Waals surface area (Å²) in [5.41, 5.74) is 1.70. The van der Waals surface area contributed by atoms with Crippen LogP contribution in [0.1, 0.15) is 48.1 Å². The molecule has 1 atom stereocenters. The third-order valence-corrected chi connectivity index (χ3v) is 7.68.